The molecule has 0 heterocycles. The highest BCUT2D eigenvalue weighted by atomic mass is 16.3. The molecule has 0 rings (SSSR count). The summed E-state index contributed by atoms with van der Waals surface area (Å²) < 4.78 is 0. The molecule has 4 heteroatoms. The zero-order valence-corrected chi connectivity index (χ0v) is 28.5. The second-order valence-corrected chi connectivity index (χ2v) is 12.3. The Kier molecular flexibility index (Phi) is 33.5. The molecular weight excluding hydrogens is 530 g/mol. The quantitative estimate of drug-likeness (QED) is 0.0530. The van der Waals surface area contributed by atoms with Crippen molar-refractivity contribution in [3.8, 4) is 0 Å². The van der Waals surface area contributed by atoms with E-state index >= 15 is 0 Å². The van der Waals surface area contributed by atoms with Gasteiger partial charge in [-0.2, -0.15) is 0 Å². The van der Waals surface area contributed by atoms with Gasteiger partial charge in [0.15, 0.2) is 0 Å². The maximum atomic E-state index is 12.3. The van der Waals surface area contributed by atoms with Crippen LogP contribution in [0.5, 0.6) is 0 Å². The van der Waals surface area contributed by atoms with Gasteiger partial charge >= 0.3 is 0 Å². The number of amides is 1. The normalized spacial score (nSPS) is 13.7. The van der Waals surface area contributed by atoms with E-state index in [9.17, 15) is 15.0 Å². The second kappa shape index (κ2) is 34.8. The molecule has 3 N–H and O–H groups in total. The first-order chi connectivity index (χ1) is 21.2. The molecule has 0 aliphatic carbocycles. The van der Waals surface area contributed by atoms with Crippen LogP contribution in [0.25, 0.3) is 0 Å². The Balaban J connectivity index is 3.71. The number of hydrogen-bond donors (Lipinski definition) is 3. The van der Waals surface area contributed by atoms with Crippen LogP contribution in [-0.4, -0.2) is 34.9 Å². The third-order valence-corrected chi connectivity index (χ3v) is 8.03. The van der Waals surface area contributed by atoms with Crippen LogP contribution in [0, 0.1) is 0 Å². The van der Waals surface area contributed by atoms with E-state index < -0.39 is 12.1 Å². The van der Waals surface area contributed by atoms with Gasteiger partial charge in [-0.05, 0) is 57.8 Å². The number of aliphatic hydroxyl groups is 2. The summed E-state index contributed by atoms with van der Waals surface area (Å²) in [5.41, 5.74) is 0. The summed E-state index contributed by atoms with van der Waals surface area (Å²) >= 11 is 0. The summed E-state index contributed by atoms with van der Waals surface area (Å²) in [6.45, 7) is 4.23. The third-order valence-electron chi connectivity index (χ3n) is 8.03. The van der Waals surface area contributed by atoms with Crippen molar-refractivity contribution >= 4 is 5.91 Å². The third kappa shape index (κ3) is 31.6. The number of allylic oxidation sites excluding steroid dienone is 7. The molecule has 0 radical (unpaired) electrons. The predicted molar refractivity (Wildman–Crippen MR) is 188 cm³/mol. The van der Waals surface area contributed by atoms with E-state index in [0.717, 1.165) is 51.4 Å². The summed E-state index contributed by atoms with van der Waals surface area (Å²) in [7, 11) is 0. The van der Waals surface area contributed by atoms with Gasteiger partial charge in [0.2, 0.25) is 5.91 Å². The van der Waals surface area contributed by atoms with Crippen molar-refractivity contribution in [2.24, 2.45) is 0 Å². The van der Waals surface area contributed by atoms with Gasteiger partial charge in [0.25, 0.3) is 0 Å². The van der Waals surface area contributed by atoms with Crippen molar-refractivity contribution in [3.63, 3.8) is 0 Å². The number of carbonyl (C=O) groups excluding carboxylic acids is 1. The van der Waals surface area contributed by atoms with Gasteiger partial charge in [-0.1, -0.05) is 159 Å². The van der Waals surface area contributed by atoms with E-state index in [0.29, 0.717) is 6.42 Å². The van der Waals surface area contributed by atoms with Crippen molar-refractivity contribution in [1.82, 2.24) is 5.32 Å². The van der Waals surface area contributed by atoms with Crippen LogP contribution in [-0.2, 0) is 4.79 Å². The van der Waals surface area contributed by atoms with Gasteiger partial charge in [-0.3, -0.25) is 4.79 Å². The molecule has 0 saturated carbocycles. The van der Waals surface area contributed by atoms with E-state index in [2.05, 4.69) is 55.6 Å². The van der Waals surface area contributed by atoms with Crippen LogP contribution in [0.3, 0.4) is 0 Å². The summed E-state index contributed by atoms with van der Waals surface area (Å²) in [5, 5.41) is 22.8. The first-order valence-corrected chi connectivity index (χ1v) is 18.4. The minimum Gasteiger partial charge on any atom is -0.394 e. The fourth-order valence-corrected chi connectivity index (χ4v) is 5.15. The van der Waals surface area contributed by atoms with Crippen LogP contribution in [0.4, 0.5) is 0 Å². The van der Waals surface area contributed by atoms with Gasteiger partial charge in [0, 0.05) is 6.42 Å². The lowest BCUT2D eigenvalue weighted by atomic mass is 10.1. The molecule has 0 saturated heterocycles. The highest BCUT2D eigenvalue weighted by molar-refractivity contribution is 5.76. The largest absolute Gasteiger partial charge is 0.394 e. The molecule has 0 spiro atoms. The van der Waals surface area contributed by atoms with E-state index in [-0.39, 0.29) is 12.5 Å². The predicted octanol–water partition coefficient (Wildman–Crippen LogP) is 10.8. The fourth-order valence-electron chi connectivity index (χ4n) is 5.15. The maximum Gasteiger partial charge on any atom is 0.220 e. The Morgan fingerprint density at radius 1 is 0.558 bits per heavy atom. The monoisotopic (exact) mass is 602 g/mol. The van der Waals surface area contributed by atoms with E-state index in [4.69, 9.17) is 0 Å². The first kappa shape index (κ1) is 41.4. The smallest absolute Gasteiger partial charge is 0.220 e. The minimum absolute atomic E-state index is 0.0910. The summed E-state index contributed by atoms with van der Waals surface area (Å²) in [5.74, 6) is -0.0910. The Hall–Kier alpha value is -1.65. The zero-order chi connectivity index (χ0) is 31.5. The first-order valence-electron chi connectivity index (χ1n) is 18.4. The maximum absolute atomic E-state index is 12.3. The van der Waals surface area contributed by atoms with Crippen LogP contribution in [0.1, 0.15) is 174 Å². The molecule has 0 aromatic rings. The molecule has 250 valence electrons. The Morgan fingerprint density at radius 2 is 1.00 bits per heavy atom. The molecule has 2 atom stereocenters. The molecule has 0 aliphatic heterocycles. The number of carbonyl (C=O) groups is 1. The fraction of sp³-hybridized carbons (Fsp3) is 0.769. The van der Waals surface area contributed by atoms with Crippen molar-refractivity contribution in [2.75, 3.05) is 6.61 Å². The van der Waals surface area contributed by atoms with Crippen LogP contribution >= 0.6 is 0 Å². The number of aliphatic hydroxyl groups excluding tert-OH is 2. The number of unbranched alkanes of at least 4 members (excludes halogenated alkanes) is 19. The van der Waals surface area contributed by atoms with Gasteiger partial charge in [0.1, 0.15) is 0 Å². The van der Waals surface area contributed by atoms with Gasteiger partial charge in [0.05, 0.1) is 18.8 Å². The van der Waals surface area contributed by atoms with E-state index in [1.54, 1.807) is 6.08 Å². The molecule has 0 aliphatic rings. The standard InChI is InChI=1S/C39H71NO3/c1-3-5-7-9-11-13-15-17-19-20-21-22-24-26-28-30-32-34-38(42)37(36-41)40-39(43)35-33-31-29-27-25-23-18-16-14-12-10-8-6-4-2/h10,12,16,18,24,26,32,34,37-38,41-42H,3-9,11,13-15,17,19-23,25,27-31,33,35-36H2,1-2H3,(H,40,43)/b12-10-,18-16-,26-24+,34-32+. The SMILES string of the molecule is CCCC/C=C\C/C=C\CCCCCCCC(=O)NC(CO)C(O)/C=C/CC/C=C/CCCCCCCCCCCCC. The number of nitrogens with one attached hydrogen (secondary N) is 1. The van der Waals surface area contributed by atoms with Crippen molar-refractivity contribution in [1.29, 1.82) is 0 Å². The average Bonchev–Trinajstić information content (AvgIpc) is 3.01. The Morgan fingerprint density at radius 3 is 1.56 bits per heavy atom. The van der Waals surface area contributed by atoms with E-state index in [1.807, 2.05) is 6.08 Å². The highest BCUT2D eigenvalue weighted by Gasteiger charge is 2.17. The Bertz CT molecular complexity index is 697. The Labute approximate surface area is 267 Å². The molecular formula is C39H71NO3. The lowest BCUT2D eigenvalue weighted by Gasteiger charge is -2.19. The molecule has 2 unspecified atom stereocenters. The molecule has 0 fully saturated rings. The molecule has 43 heavy (non-hydrogen) atoms. The summed E-state index contributed by atoms with van der Waals surface area (Å²) in [6, 6.07) is -0.645. The lowest BCUT2D eigenvalue weighted by molar-refractivity contribution is -0.123. The second-order valence-electron chi connectivity index (χ2n) is 12.3. The van der Waals surface area contributed by atoms with E-state index in [1.165, 1.54) is 103 Å². The van der Waals surface area contributed by atoms with Crippen LogP contribution in [0.15, 0.2) is 48.6 Å². The van der Waals surface area contributed by atoms with Gasteiger partial charge < -0.3 is 15.5 Å². The summed E-state index contributed by atoms with van der Waals surface area (Å²) in [4.78, 5) is 12.3. The van der Waals surface area contributed by atoms with Crippen molar-refractivity contribution in [3.05, 3.63) is 48.6 Å². The molecule has 0 aromatic carbocycles. The average molecular weight is 602 g/mol. The van der Waals surface area contributed by atoms with Gasteiger partial charge in [-0.15, -0.1) is 0 Å². The molecule has 0 bridgehead atoms. The highest BCUT2D eigenvalue weighted by Crippen LogP contribution is 2.12. The van der Waals surface area contributed by atoms with Crippen molar-refractivity contribution < 1.29 is 15.0 Å². The lowest BCUT2D eigenvalue weighted by Crippen LogP contribution is -2.45. The van der Waals surface area contributed by atoms with Crippen molar-refractivity contribution in [2.45, 2.75) is 187 Å². The topological polar surface area (TPSA) is 69.6 Å². The van der Waals surface area contributed by atoms with Crippen LogP contribution < -0.4 is 5.32 Å². The number of rotatable bonds is 32. The molecule has 4 nitrogen and oxygen atoms in total. The van der Waals surface area contributed by atoms with Gasteiger partial charge in [-0.25, -0.2) is 0 Å². The minimum atomic E-state index is -0.867. The van der Waals surface area contributed by atoms with Crippen LogP contribution in [0.2, 0.25) is 0 Å². The zero-order valence-electron chi connectivity index (χ0n) is 28.5. The molecule has 0 aromatic heterocycles. The summed E-state index contributed by atoms with van der Waals surface area (Å²) in [6.07, 6.45) is 46.2. The molecule has 1 amide bonds. The number of hydrogen-bond acceptors (Lipinski definition) is 3.